The van der Waals surface area contributed by atoms with Gasteiger partial charge in [-0.3, -0.25) is 19.3 Å². The Hall–Kier alpha value is -5.98. The number of imidazole rings is 2. The van der Waals surface area contributed by atoms with Gasteiger partial charge in [-0.15, -0.1) is 0 Å². The van der Waals surface area contributed by atoms with E-state index in [1.807, 2.05) is 49.8 Å². The van der Waals surface area contributed by atoms with E-state index in [0.29, 0.717) is 38.1 Å². The van der Waals surface area contributed by atoms with Gasteiger partial charge in [0, 0.05) is 13.1 Å². The molecule has 13 nitrogen and oxygen atoms in total. The fourth-order valence-electron chi connectivity index (χ4n) is 9.50. The third-order valence-electron chi connectivity index (χ3n) is 12.8. The normalized spacial score (nSPS) is 21.5. The van der Waals surface area contributed by atoms with E-state index in [-0.39, 0.29) is 48.1 Å². The third kappa shape index (κ3) is 8.39. The summed E-state index contributed by atoms with van der Waals surface area (Å²) in [5, 5.41) is 0. The topological polar surface area (TPSA) is 154 Å². The van der Waals surface area contributed by atoms with Gasteiger partial charge in [0.15, 0.2) is 0 Å². The van der Waals surface area contributed by atoms with Crippen molar-refractivity contribution in [2.45, 2.75) is 78.9 Å². The molecular weight excluding hydrogens is 771 g/mol. The molecule has 0 aliphatic carbocycles. The van der Waals surface area contributed by atoms with Crippen LogP contribution < -0.4 is 0 Å². The van der Waals surface area contributed by atoms with Crippen LogP contribution in [0.25, 0.3) is 44.5 Å². The summed E-state index contributed by atoms with van der Waals surface area (Å²) in [6.07, 6.45) is 3.07. The number of aromatic nitrogens is 4. The number of methoxy groups -OCH3 is 1. The van der Waals surface area contributed by atoms with Gasteiger partial charge in [0.25, 0.3) is 0 Å². The number of hydrogen-bond acceptors (Lipinski definition) is 8. The van der Waals surface area contributed by atoms with Crippen molar-refractivity contribution in [3.8, 4) is 33.5 Å². The highest BCUT2D eigenvalue weighted by atomic mass is 16.6. The summed E-state index contributed by atoms with van der Waals surface area (Å²) in [7, 11) is 1.36. The molecule has 0 spiro atoms. The number of esters is 1. The summed E-state index contributed by atoms with van der Waals surface area (Å²) in [6.45, 7) is 14.1. The van der Waals surface area contributed by atoms with Crippen LogP contribution >= 0.6 is 0 Å². The van der Waals surface area contributed by atoms with Crippen molar-refractivity contribution in [1.82, 2.24) is 34.6 Å². The second-order valence-corrected chi connectivity index (χ2v) is 18.0. The summed E-state index contributed by atoms with van der Waals surface area (Å²) in [4.78, 5) is 74.6. The highest BCUT2D eigenvalue weighted by Crippen LogP contribution is 2.39. The van der Waals surface area contributed by atoms with Crippen LogP contribution in [0.1, 0.15) is 84.5 Å². The van der Waals surface area contributed by atoms with Gasteiger partial charge < -0.3 is 29.2 Å². The fourth-order valence-corrected chi connectivity index (χ4v) is 9.50. The molecule has 61 heavy (non-hydrogen) atoms. The molecule has 3 fully saturated rings. The number of carbonyl (C=O) groups is 4. The molecule has 3 aromatic carbocycles. The van der Waals surface area contributed by atoms with E-state index in [1.165, 1.54) is 7.11 Å². The molecular formula is C48H57N7O6. The lowest BCUT2D eigenvalue weighted by atomic mass is 9.91. The van der Waals surface area contributed by atoms with Gasteiger partial charge in [-0.05, 0) is 76.5 Å². The van der Waals surface area contributed by atoms with Crippen molar-refractivity contribution in [2.75, 3.05) is 33.4 Å². The predicted molar refractivity (Wildman–Crippen MR) is 233 cm³/mol. The molecule has 0 unspecified atom stereocenters. The lowest BCUT2D eigenvalue weighted by molar-refractivity contribution is -0.148. The first kappa shape index (κ1) is 41.7. The van der Waals surface area contributed by atoms with Gasteiger partial charge in [0.2, 0.25) is 11.8 Å². The van der Waals surface area contributed by atoms with Crippen LogP contribution in [0.3, 0.4) is 0 Å². The molecule has 13 heteroatoms. The smallest absolute Gasteiger partial charge is 0.410 e. The van der Waals surface area contributed by atoms with Crippen LogP contribution in [0.2, 0.25) is 0 Å². The van der Waals surface area contributed by atoms with Crippen LogP contribution in [-0.4, -0.2) is 97.9 Å². The molecule has 8 rings (SSSR count). The standard InChI is InChI=1S/C48H57N7O6/c1-27(2)36(23-42(56)60-7)46(57)54-25-29(5)20-40(54)44-49-24-39(52-44)34-14-12-32(13-15-34)31-8-10-33(11-9-31)35-16-17-37-38(22-35)51-45(50-37)41-21-30(6)26-55(41)47(58)43(28(3)4)53-18-19-61-48(53)59/h8-17,22,24,27-30,36,40-41,43H,18-21,23,25-26H2,1-7H3,(H,49,52)(H,50,51)/t29-,30-,36-,40-,41-,43-/m0/s1. The molecule has 0 saturated carbocycles. The molecule has 3 saturated heterocycles. The summed E-state index contributed by atoms with van der Waals surface area (Å²) in [5.74, 6) is 1.16. The lowest BCUT2D eigenvalue weighted by Crippen LogP contribution is -2.51. The number of carbonyl (C=O) groups excluding carboxylic acids is 4. The van der Waals surface area contributed by atoms with Crippen molar-refractivity contribution in [3.63, 3.8) is 0 Å². The number of hydrogen-bond donors (Lipinski definition) is 2. The Bertz CT molecular complexity index is 2400. The zero-order valence-electron chi connectivity index (χ0n) is 36.2. The SMILES string of the molecule is COC(=O)C[C@H](C(=O)N1C[C@@H](C)C[C@H]1c1ncc(-c2ccc(-c3ccc(-c4ccc5nc([C@@H]6C[C@H](C)CN6C(=O)[C@H](C(C)C)N6CCOC6=O)[nH]c5c4)cc3)cc2)[nH]1)C(C)C. The summed E-state index contributed by atoms with van der Waals surface area (Å²) < 4.78 is 10.1. The monoisotopic (exact) mass is 827 g/mol. The maximum Gasteiger partial charge on any atom is 0.410 e. The molecule has 2 N–H and O–H groups in total. The minimum absolute atomic E-state index is 0.00107. The summed E-state index contributed by atoms with van der Waals surface area (Å²) in [6, 6.07) is 22.1. The zero-order valence-corrected chi connectivity index (χ0v) is 36.2. The van der Waals surface area contributed by atoms with E-state index in [9.17, 15) is 19.2 Å². The van der Waals surface area contributed by atoms with Crippen LogP contribution in [0, 0.1) is 29.6 Å². The van der Waals surface area contributed by atoms with E-state index >= 15 is 0 Å². The molecule has 5 aromatic rings. The van der Waals surface area contributed by atoms with E-state index in [4.69, 9.17) is 19.4 Å². The average Bonchev–Trinajstić information content (AvgIpc) is 4.10. The van der Waals surface area contributed by atoms with Crippen molar-refractivity contribution >= 4 is 34.9 Å². The van der Waals surface area contributed by atoms with Gasteiger partial charge in [-0.25, -0.2) is 14.8 Å². The molecule has 6 atom stereocenters. The zero-order chi connectivity index (χ0) is 43.1. The van der Waals surface area contributed by atoms with Crippen molar-refractivity contribution in [3.05, 3.63) is 84.6 Å². The largest absolute Gasteiger partial charge is 0.469 e. The van der Waals surface area contributed by atoms with Gasteiger partial charge in [-0.2, -0.15) is 0 Å². The molecule has 3 amide bonds. The Morgan fingerprint density at radius 2 is 1.34 bits per heavy atom. The van der Waals surface area contributed by atoms with E-state index < -0.39 is 18.1 Å². The fraction of sp³-hybridized carbons (Fsp3) is 0.458. The van der Waals surface area contributed by atoms with Gasteiger partial charge in [0.05, 0.1) is 61.0 Å². The number of amides is 3. The number of H-pyrrole nitrogens is 2. The number of cyclic esters (lactones) is 1. The van der Waals surface area contributed by atoms with Crippen LogP contribution in [0.5, 0.6) is 0 Å². The van der Waals surface area contributed by atoms with Crippen LogP contribution in [0.4, 0.5) is 4.79 Å². The minimum atomic E-state index is -0.577. The first-order valence-corrected chi connectivity index (χ1v) is 21.7. The van der Waals surface area contributed by atoms with E-state index in [1.54, 1.807) is 4.90 Å². The van der Waals surface area contributed by atoms with Crippen molar-refractivity contribution in [2.24, 2.45) is 29.6 Å². The second-order valence-electron chi connectivity index (χ2n) is 18.0. The quantitative estimate of drug-likeness (QED) is 0.119. The second kappa shape index (κ2) is 17.2. The van der Waals surface area contributed by atoms with E-state index in [0.717, 1.165) is 69.0 Å². The van der Waals surface area contributed by atoms with Crippen LogP contribution in [0.15, 0.2) is 72.9 Å². The Kier molecular flexibility index (Phi) is 11.8. The van der Waals surface area contributed by atoms with Gasteiger partial charge >= 0.3 is 12.1 Å². The predicted octanol–water partition coefficient (Wildman–Crippen LogP) is 8.42. The average molecular weight is 828 g/mol. The molecule has 5 heterocycles. The number of nitrogens with one attached hydrogen (secondary N) is 2. The maximum atomic E-state index is 14.1. The number of aromatic amines is 2. The number of nitrogens with zero attached hydrogens (tertiary/aromatic N) is 5. The van der Waals surface area contributed by atoms with Gasteiger partial charge in [0.1, 0.15) is 24.3 Å². The first-order valence-electron chi connectivity index (χ1n) is 21.7. The summed E-state index contributed by atoms with van der Waals surface area (Å²) >= 11 is 0. The number of fused-ring (bicyclic) bond motifs is 1. The minimum Gasteiger partial charge on any atom is -0.469 e. The van der Waals surface area contributed by atoms with E-state index in [2.05, 4.69) is 84.5 Å². The highest BCUT2D eigenvalue weighted by molar-refractivity contribution is 5.88. The van der Waals surface area contributed by atoms with Crippen LogP contribution in [-0.2, 0) is 23.9 Å². The number of ether oxygens (including phenoxy) is 2. The van der Waals surface area contributed by atoms with Gasteiger partial charge in [-0.1, -0.05) is 96.1 Å². The maximum absolute atomic E-state index is 14.1. The summed E-state index contributed by atoms with van der Waals surface area (Å²) in [5.41, 5.74) is 7.93. The number of benzene rings is 3. The molecule has 320 valence electrons. The first-order chi connectivity index (χ1) is 29.3. The van der Waals surface area contributed by atoms with Crippen molar-refractivity contribution < 1.29 is 28.7 Å². The van der Waals surface area contributed by atoms with Crippen molar-refractivity contribution in [1.29, 1.82) is 0 Å². The Morgan fingerprint density at radius 1 is 0.770 bits per heavy atom. The highest BCUT2D eigenvalue weighted by Gasteiger charge is 2.44. The molecule has 3 aliphatic heterocycles. The molecule has 3 aliphatic rings. The Morgan fingerprint density at radius 3 is 1.92 bits per heavy atom. The number of likely N-dealkylation sites (tertiary alicyclic amines) is 2. The molecule has 0 bridgehead atoms. The number of rotatable bonds is 12. The third-order valence-corrected chi connectivity index (χ3v) is 12.8. The lowest BCUT2D eigenvalue weighted by Gasteiger charge is -2.33. The molecule has 0 radical (unpaired) electrons. The Balaban J connectivity index is 0.948. The Labute approximate surface area is 357 Å². The molecule has 2 aromatic heterocycles.